The largest absolute Gasteiger partial charge is 0.471 e. The van der Waals surface area contributed by atoms with E-state index in [1.807, 2.05) is 13.0 Å². The molecule has 0 radical (unpaired) electrons. The molecule has 0 N–H and O–H groups in total. The monoisotopic (exact) mass is 488 g/mol. The number of anilines is 1. The van der Waals surface area contributed by atoms with Gasteiger partial charge in [-0.15, -0.1) is 0 Å². The highest BCUT2D eigenvalue weighted by Gasteiger charge is 2.34. The maximum atomic E-state index is 14.2. The Labute approximate surface area is 197 Å². The molecule has 1 aliphatic heterocycles. The number of aryl methyl sites for hydroxylation is 1. The molecular formula is C24H22ClFN2O4S. The molecule has 0 amide bonds. The second kappa shape index (κ2) is 9.11. The van der Waals surface area contributed by atoms with Gasteiger partial charge in [0, 0.05) is 12.6 Å². The van der Waals surface area contributed by atoms with Crippen molar-refractivity contribution < 1.29 is 22.3 Å². The summed E-state index contributed by atoms with van der Waals surface area (Å²) in [4.78, 5) is 17.1. The van der Waals surface area contributed by atoms with Crippen LogP contribution in [0.25, 0.3) is 0 Å². The predicted molar refractivity (Wildman–Crippen MR) is 124 cm³/mol. The van der Waals surface area contributed by atoms with Crippen molar-refractivity contribution in [2.24, 2.45) is 0 Å². The van der Waals surface area contributed by atoms with Crippen molar-refractivity contribution in [1.82, 2.24) is 4.98 Å². The summed E-state index contributed by atoms with van der Waals surface area (Å²) in [6.45, 7) is 3.80. The molecule has 0 saturated heterocycles. The summed E-state index contributed by atoms with van der Waals surface area (Å²) in [6, 6.07) is 12.3. The Kier molecular flexibility index (Phi) is 6.41. The van der Waals surface area contributed by atoms with Crippen LogP contribution in [0.15, 0.2) is 59.6 Å². The van der Waals surface area contributed by atoms with Gasteiger partial charge in [0.25, 0.3) is 10.0 Å². The lowest BCUT2D eigenvalue weighted by atomic mass is 10.0. The minimum absolute atomic E-state index is 0.0167. The molecule has 9 heteroatoms. The molecule has 4 rings (SSSR count). The van der Waals surface area contributed by atoms with Gasteiger partial charge >= 0.3 is 0 Å². The molecule has 2 heterocycles. The number of hydrogen-bond acceptors (Lipinski definition) is 5. The van der Waals surface area contributed by atoms with Gasteiger partial charge in [0.05, 0.1) is 22.0 Å². The van der Waals surface area contributed by atoms with Gasteiger partial charge in [-0.25, -0.2) is 17.8 Å². The molecule has 0 fully saturated rings. The van der Waals surface area contributed by atoms with Crippen LogP contribution in [-0.2, 0) is 22.9 Å². The van der Waals surface area contributed by atoms with Gasteiger partial charge < -0.3 is 4.74 Å². The Morgan fingerprint density at radius 3 is 2.70 bits per heavy atom. The number of carbonyl (C=O) groups is 1. The van der Waals surface area contributed by atoms with Gasteiger partial charge in [-0.2, -0.15) is 0 Å². The number of benzene rings is 2. The molecular weight excluding hydrogens is 467 g/mol. The number of sulfonamides is 1. The second-order valence-electron chi connectivity index (χ2n) is 7.83. The van der Waals surface area contributed by atoms with Crippen LogP contribution in [0.1, 0.15) is 35.3 Å². The van der Waals surface area contributed by atoms with E-state index in [1.54, 1.807) is 31.2 Å². The van der Waals surface area contributed by atoms with Crippen molar-refractivity contribution in [3.05, 3.63) is 82.3 Å². The summed E-state index contributed by atoms with van der Waals surface area (Å²) in [5.74, 6) is -1.09. The minimum atomic E-state index is -3.90. The third-order valence-corrected chi connectivity index (χ3v) is 7.48. The smallest absolute Gasteiger partial charge is 0.264 e. The van der Waals surface area contributed by atoms with E-state index < -0.39 is 27.7 Å². The summed E-state index contributed by atoms with van der Waals surface area (Å²) in [6.07, 6.45) is 1.51. The summed E-state index contributed by atoms with van der Waals surface area (Å²) in [5.41, 5.74) is 1.35. The number of halogens is 2. The number of hydrogen-bond donors (Lipinski definition) is 0. The number of pyridine rings is 1. The van der Waals surface area contributed by atoms with Gasteiger partial charge in [0.2, 0.25) is 5.88 Å². The van der Waals surface area contributed by atoms with E-state index in [4.69, 9.17) is 16.3 Å². The van der Waals surface area contributed by atoms with Crippen molar-refractivity contribution in [3.8, 4) is 5.88 Å². The van der Waals surface area contributed by atoms with E-state index in [2.05, 4.69) is 4.98 Å². The first kappa shape index (κ1) is 23.2. The molecule has 3 aromatic rings. The molecule has 2 aromatic carbocycles. The standard InChI is InChI=1S/C24H22ClFN2O4S/c1-3-16-6-4-7-18(10-16)33(30,31)28-14-15(2)32-24-21(28)11-17(13-27-24)12-22(29)23-19(25)8-5-9-20(23)26/h4-11,13,15H,3,12,14H2,1-2H3/t15-/m0/s1. The number of Topliss-reactive ketones (excluding diaryl/α,β-unsaturated/α-hetero) is 1. The molecule has 172 valence electrons. The number of aromatic nitrogens is 1. The number of ether oxygens (including phenoxy) is 1. The van der Waals surface area contributed by atoms with Gasteiger partial charge in [0.15, 0.2) is 5.78 Å². The van der Waals surface area contributed by atoms with Gasteiger partial charge in [-0.05, 0) is 54.8 Å². The first-order chi connectivity index (χ1) is 15.7. The maximum Gasteiger partial charge on any atom is 0.264 e. The van der Waals surface area contributed by atoms with Crippen LogP contribution in [-0.4, -0.2) is 31.8 Å². The van der Waals surface area contributed by atoms with E-state index in [9.17, 15) is 17.6 Å². The summed E-state index contributed by atoms with van der Waals surface area (Å²) in [5, 5.41) is 0.0167. The molecule has 1 aliphatic rings. The number of fused-ring (bicyclic) bond motifs is 1. The fourth-order valence-electron chi connectivity index (χ4n) is 3.73. The lowest BCUT2D eigenvalue weighted by Crippen LogP contribution is -2.42. The molecule has 0 aliphatic carbocycles. The van der Waals surface area contributed by atoms with Crippen LogP contribution < -0.4 is 9.04 Å². The van der Waals surface area contributed by atoms with Crippen LogP contribution in [0.2, 0.25) is 5.02 Å². The lowest BCUT2D eigenvalue weighted by molar-refractivity contribution is 0.0989. The van der Waals surface area contributed by atoms with E-state index >= 15 is 0 Å². The fraction of sp³-hybridized carbons (Fsp3) is 0.250. The number of carbonyl (C=O) groups excluding carboxylic acids is 1. The molecule has 0 unspecified atom stereocenters. The molecule has 0 bridgehead atoms. The molecule has 1 atom stereocenters. The molecule has 0 saturated carbocycles. The van der Waals surface area contributed by atoms with Gasteiger partial charge in [-0.3, -0.25) is 9.10 Å². The third-order valence-electron chi connectivity index (χ3n) is 5.39. The summed E-state index contributed by atoms with van der Waals surface area (Å²) in [7, 11) is -3.90. The van der Waals surface area contributed by atoms with E-state index in [-0.39, 0.29) is 40.0 Å². The first-order valence-corrected chi connectivity index (χ1v) is 12.3. The average Bonchev–Trinajstić information content (AvgIpc) is 2.78. The Morgan fingerprint density at radius 2 is 1.97 bits per heavy atom. The number of rotatable bonds is 6. The summed E-state index contributed by atoms with van der Waals surface area (Å²) < 4.78 is 48.2. The van der Waals surface area contributed by atoms with Gasteiger partial charge in [-0.1, -0.05) is 36.7 Å². The first-order valence-electron chi connectivity index (χ1n) is 10.4. The zero-order valence-electron chi connectivity index (χ0n) is 18.1. The molecule has 0 spiro atoms. The Balaban J connectivity index is 1.72. The topological polar surface area (TPSA) is 76.6 Å². The number of nitrogens with zero attached hydrogens (tertiary/aromatic N) is 2. The van der Waals surface area contributed by atoms with Crippen LogP contribution >= 0.6 is 11.6 Å². The quantitative estimate of drug-likeness (QED) is 0.464. The van der Waals surface area contributed by atoms with Crippen molar-refractivity contribution in [2.45, 2.75) is 37.7 Å². The Morgan fingerprint density at radius 1 is 1.21 bits per heavy atom. The van der Waals surface area contributed by atoms with E-state index in [1.165, 1.54) is 22.6 Å². The Hall–Kier alpha value is -2.97. The summed E-state index contributed by atoms with van der Waals surface area (Å²) >= 11 is 6.01. The van der Waals surface area contributed by atoms with E-state index in [0.717, 1.165) is 11.6 Å². The van der Waals surface area contributed by atoms with Crippen LogP contribution in [0.3, 0.4) is 0 Å². The zero-order valence-corrected chi connectivity index (χ0v) is 19.7. The van der Waals surface area contributed by atoms with Crippen molar-refractivity contribution in [1.29, 1.82) is 0 Å². The normalized spacial score (nSPS) is 15.6. The van der Waals surface area contributed by atoms with Crippen molar-refractivity contribution in [2.75, 3.05) is 10.8 Å². The highest BCUT2D eigenvalue weighted by molar-refractivity contribution is 7.92. The lowest BCUT2D eigenvalue weighted by Gasteiger charge is -2.33. The highest BCUT2D eigenvalue weighted by atomic mass is 35.5. The fourth-order valence-corrected chi connectivity index (χ4v) is 5.60. The van der Waals surface area contributed by atoms with Crippen LogP contribution in [0, 0.1) is 5.82 Å². The zero-order chi connectivity index (χ0) is 23.8. The Bertz CT molecular complexity index is 1310. The van der Waals surface area contributed by atoms with E-state index in [0.29, 0.717) is 12.0 Å². The maximum absolute atomic E-state index is 14.2. The molecule has 1 aromatic heterocycles. The number of ketones is 1. The van der Waals surface area contributed by atoms with Gasteiger partial charge in [0.1, 0.15) is 17.6 Å². The predicted octanol–water partition coefficient (Wildman–Crippen LogP) is 4.84. The molecule has 33 heavy (non-hydrogen) atoms. The SMILES string of the molecule is CCc1cccc(S(=O)(=O)N2C[C@H](C)Oc3ncc(CC(=O)c4c(F)cccc4Cl)cc32)c1. The third kappa shape index (κ3) is 4.58. The highest BCUT2D eigenvalue weighted by Crippen LogP contribution is 2.36. The van der Waals surface area contributed by atoms with Crippen LogP contribution in [0.4, 0.5) is 10.1 Å². The van der Waals surface area contributed by atoms with Crippen molar-refractivity contribution in [3.63, 3.8) is 0 Å². The average molecular weight is 489 g/mol. The minimum Gasteiger partial charge on any atom is -0.471 e. The second-order valence-corrected chi connectivity index (χ2v) is 10.1. The molecule has 6 nitrogen and oxygen atoms in total. The van der Waals surface area contributed by atoms with Crippen LogP contribution in [0.5, 0.6) is 5.88 Å². The van der Waals surface area contributed by atoms with Crippen molar-refractivity contribution >= 4 is 33.1 Å².